The van der Waals surface area contributed by atoms with E-state index in [1.807, 2.05) is 6.08 Å². The molecule has 0 unspecified atom stereocenters. The SMILES string of the molecule is [C]1=C[C@H](c2ccccc2)CC=C1. The second-order valence-corrected chi connectivity index (χ2v) is 2.99. The van der Waals surface area contributed by atoms with Gasteiger partial charge < -0.3 is 0 Å². The molecule has 0 fully saturated rings. The van der Waals surface area contributed by atoms with Gasteiger partial charge in [-0.05, 0) is 18.1 Å². The zero-order valence-electron chi connectivity index (χ0n) is 6.90. The van der Waals surface area contributed by atoms with E-state index in [1.54, 1.807) is 0 Å². The van der Waals surface area contributed by atoms with Crippen LogP contribution in [-0.4, -0.2) is 0 Å². The summed E-state index contributed by atoms with van der Waals surface area (Å²) in [6.07, 6.45) is 10.5. The molecule has 1 radical (unpaired) electrons. The average molecular weight is 155 g/mol. The fraction of sp³-hybridized carbons (Fsp3) is 0.167. The zero-order chi connectivity index (χ0) is 8.23. The van der Waals surface area contributed by atoms with Crippen molar-refractivity contribution < 1.29 is 0 Å². The minimum Gasteiger partial charge on any atom is -0.0830 e. The molecule has 0 heterocycles. The van der Waals surface area contributed by atoms with Gasteiger partial charge in [-0.2, -0.15) is 0 Å². The van der Waals surface area contributed by atoms with E-state index in [2.05, 4.69) is 48.6 Å². The summed E-state index contributed by atoms with van der Waals surface area (Å²) in [5.74, 6) is 0.538. The van der Waals surface area contributed by atoms with Crippen LogP contribution in [0.5, 0.6) is 0 Å². The Bertz CT molecular complexity index is 293. The van der Waals surface area contributed by atoms with Gasteiger partial charge in [0.15, 0.2) is 0 Å². The van der Waals surface area contributed by atoms with Crippen molar-refractivity contribution in [2.45, 2.75) is 12.3 Å². The first kappa shape index (κ1) is 7.35. The molecule has 1 atom stereocenters. The minimum absolute atomic E-state index is 0.538. The van der Waals surface area contributed by atoms with Crippen molar-refractivity contribution in [3.63, 3.8) is 0 Å². The molecule has 0 nitrogen and oxygen atoms in total. The van der Waals surface area contributed by atoms with Gasteiger partial charge in [-0.25, -0.2) is 0 Å². The van der Waals surface area contributed by atoms with Gasteiger partial charge in [0.2, 0.25) is 0 Å². The van der Waals surface area contributed by atoms with Crippen LogP contribution in [0.25, 0.3) is 0 Å². The standard InChI is InChI=1S/C12H11/c1-3-7-11(8-4-1)12-9-5-2-6-10-12/h1-5,7-8,10,12H,9H2/t12-/m1/s1. The lowest BCUT2D eigenvalue weighted by Crippen LogP contribution is -1.95. The summed E-state index contributed by atoms with van der Waals surface area (Å²) in [5, 5.41) is 0. The highest BCUT2D eigenvalue weighted by Crippen LogP contribution is 2.23. The largest absolute Gasteiger partial charge is 0.0830 e. The lowest BCUT2D eigenvalue weighted by molar-refractivity contribution is 0.850. The molecule has 1 aliphatic carbocycles. The smallest absolute Gasteiger partial charge is 0.00617 e. The third-order valence-corrected chi connectivity index (χ3v) is 2.13. The Morgan fingerprint density at radius 1 is 1.17 bits per heavy atom. The molecule has 0 N–H and O–H groups in total. The van der Waals surface area contributed by atoms with Gasteiger partial charge in [0.1, 0.15) is 0 Å². The maximum absolute atomic E-state index is 3.13. The molecule has 0 saturated heterocycles. The zero-order valence-corrected chi connectivity index (χ0v) is 6.90. The van der Waals surface area contributed by atoms with E-state index < -0.39 is 0 Å². The Labute approximate surface area is 73.2 Å². The van der Waals surface area contributed by atoms with E-state index in [4.69, 9.17) is 0 Å². The number of rotatable bonds is 1. The van der Waals surface area contributed by atoms with E-state index in [0.717, 1.165) is 6.42 Å². The van der Waals surface area contributed by atoms with Crippen molar-refractivity contribution in [3.05, 3.63) is 60.2 Å². The monoisotopic (exact) mass is 155 g/mol. The first-order valence-electron chi connectivity index (χ1n) is 4.26. The van der Waals surface area contributed by atoms with Crippen molar-refractivity contribution in [1.82, 2.24) is 0 Å². The number of hydrogen-bond acceptors (Lipinski definition) is 0. The fourth-order valence-electron chi connectivity index (χ4n) is 1.45. The molecule has 1 aliphatic rings. The van der Waals surface area contributed by atoms with Gasteiger partial charge in [-0.3, -0.25) is 0 Å². The molecule has 0 aromatic heterocycles. The number of benzene rings is 1. The van der Waals surface area contributed by atoms with Crippen LogP contribution in [0, 0.1) is 6.08 Å². The van der Waals surface area contributed by atoms with Gasteiger partial charge >= 0.3 is 0 Å². The van der Waals surface area contributed by atoms with Gasteiger partial charge in [0.25, 0.3) is 0 Å². The maximum Gasteiger partial charge on any atom is 0.00617 e. The molecule has 0 heteroatoms. The topological polar surface area (TPSA) is 0 Å². The molecule has 2 rings (SSSR count). The van der Waals surface area contributed by atoms with E-state index >= 15 is 0 Å². The number of hydrogen-bond donors (Lipinski definition) is 0. The Kier molecular flexibility index (Phi) is 2.08. The Hall–Kier alpha value is -1.30. The molecule has 12 heavy (non-hydrogen) atoms. The van der Waals surface area contributed by atoms with Crippen molar-refractivity contribution in [2.24, 2.45) is 0 Å². The molecular weight excluding hydrogens is 144 g/mol. The van der Waals surface area contributed by atoms with Crippen molar-refractivity contribution in [3.8, 4) is 0 Å². The molecule has 1 aromatic rings. The lowest BCUT2D eigenvalue weighted by Gasteiger charge is -2.12. The molecule has 1 aromatic carbocycles. The van der Waals surface area contributed by atoms with Crippen LogP contribution in [0.4, 0.5) is 0 Å². The van der Waals surface area contributed by atoms with Crippen LogP contribution < -0.4 is 0 Å². The summed E-state index contributed by atoms with van der Waals surface area (Å²) in [7, 11) is 0. The van der Waals surface area contributed by atoms with Gasteiger partial charge in [0.05, 0.1) is 0 Å². The normalized spacial score (nSPS) is 21.2. The molecule has 0 saturated carbocycles. The van der Waals surface area contributed by atoms with Crippen LogP contribution in [0.2, 0.25) is 0 Å². The summed E-state index contributed by atoms with van der Waals surface area (Å²) in [6.45, 7) is 0. The summed E-state index contributed by atoms with van der Waals surface area (Å²) in [4.78, 5) is 0. The minimum atomic E-state index is 0.538. The third-order valence-electron chi connectivity index (χ3n) is 2.13. The van der Waals surface area contributed by atoms with Crippen LogP contribution in [0.1, 0.15) is 17.9 Å². The van der Waals surface area contributed by atoms with Crippen LogP contribution in [0.15, 0.2) is 48.6 Å². The van der Waals surface area contributed by atoms with Crippen LogP contribution in [-0.2, 0) is 0 Å². The highest BCUT2D eigenvalue weighted by Gasteiger charge is 2.06. The van der Waals surface area contributed by atoms with Gasteiger partial charge in [0, 0.05) is 5.92 Å². The Morgan fingerprint density at radius 3 is 2.67 bits per heavy atom. The molecule has 0 aliphatic heterocycles. The second-order valence-electron chi connectivity index (χ2n) is 2.99. The molecular formula is C12H11. The maximum atomic E-state index is 3.13. The Morgan fingerprint density at radius 2 is 2.00 bits per heavy atom. The van der Waals surface area contributed by atoms with E-state index in [-0.39, 0.29) is 0 Å². The number of allylic oxidation sites excluding steroid dienone is 4. The van der Waals surface area contributed by atoms with Crippen LogP contribution in [0.3, 0.4) is 0 Å². The van der Waals surface area contributed by atoms with Gasteiger partial charge in [-0.1, -0.05) is 48.6 Å². The second kappa shape index (κ2) is 3.40. The summed E-state index contributed by atoms with van der Waals surface area (Å²) in [6, 6.07) is 10.6. The van der Waals surface area contributed by atoms with Gasteiger partial charge in [-0.15, -0.1) is 0 Å². The van der Waals surface area contributed by atoms with E-state index in [1.165, 1.54) is 5.56 Å². The molecule has 0 bridgehead atoms. The summed E-state index contributed by atoms with van der Waals surface area (Å²) >= 11 is 0. The van der Waals surface area contributed by atoms with E-state index in [0.29, 0.717) is 5.92 Å². The average Bonchev–Trinajstić information content (AvgIpc) is 2.21. The van der Waals surface area contributed by atoms with Crippen molar-refractivity contribution in [1.29, 1.82) is 0 Å². The summed E-state index contributed by atoms with van der Waals surface area (Å²) < 4.78 is 0. The Balaban J connectivity index is 2.21. The highest BCUT2D eigenvalue weighted by molar-refractivity contribution is 5.26. The summed E-state index contributed by atoms with van der Waals surface area (Å²) in [5.41, 5.74) is 1.38. The first-order chi connectivity index (χ1) is 5.97. The molecule has 0 spiro atoms. The third kappa shape index (κ3) is 1.48. The van der Waals surface area contributed by atoms with Crippen molar-refractivity contribution in [2.75, 3.05) is 0 Å². The lowest BCUT2D eigenvalue weighted by atomic mass is 9.93. The predicted molar refractivity (Wildman–Crippen MR) is 50.8 cm³/mol. The molecule has 0 amide bonds. The molecule has 59 valence electrons. The quantitative estimate of drug-likeness (QED) is 0.584. The predicted octanol–water partition coefficient (Wildman–Crippen LogP) is 3.09. The highest BCUT2D eigenvalue weighted by atomic mass is 14.1. The van der Waals surface area contributed by atoms with Crippen LogP contribution >= 0.6 is 0 Å². The fourth-order valence-corrected chi connectivity index (χ4v) is 1.45. The first-order valence-corrected chi connectivity index (χ1v) is 4.26. The van der Waals surface area contributed by atoms with E-state index in [9.17, 15) is 0 Å². The van der Waals surface area contributed by atoms with Crippen molar-refractivity contribution >= 4 is 0 Å².